The number of phosphoric acid groups is 1. The molecule has 0 rings (SSSR count). The zero-order valence-corrected chi connectivity index (χ0v) is 36.9. The third-order valence-electron chi connectivity index (χ3n) is 8.08. The maximum Gasteiger partial charge on any atom is 0.472 e. The first-order valence-corrected chi connectivity index (χ1v) is 23.2. The second-order valence-electron chi connectivity index (χ2n) is 13.4. The monoisotopic (exact) mass is 824 g/mol. The van der Waals surface area contributed by atoms with E-state index in [2.05, 4.69) is 135 Å². The number of hydrogen-bond acceptors (Lipinski definition) is 7. The highest BCUT2D eigenvalue weighted by Crippen LogP contribution is 2.43. The van der Waals surface area contributed by atoms with Gasteiger partial charge in [-0.3, -0.25) is 13.8 Å². The molecule has 0 aliphatic carbocycles. The molecule has 0 heterocycles. The van der Waals surface area contributed by atoms with Crippen LogP contribution in [-0.2, 0) is 27.9 Å². The Morgan fingerprint density at radius 3 is 1.34 bits per heavy atom. The Morgan fingerprint density at radius 1 is 0.517 bits per heavy atom. The number of esters is 1. The summed E-state index contributed by atoms with van der Waals surface area (Å²) in [5, 5.41) is 0. The highest BCUT2D eigenvalue weighted by Gasteiger charge is 2.25. The Hall–Kier alpha value is -3.36. The van der Waals surface area contributed by atoms with Crippen LogP contribution in [0.3, 0.4) is 0 Å². The number of hydrogen-bond donors (Lipinski definition) is 2. The molecule has 0 bridgehead atoms. The summed E-state index contributed by atoms with van der Waals surface area (Å²) in [6.07, 6.45) is 63.4. The molecule has 58 heavy (non-hydrogen) atoms. The Morgan fingerprint density at radius 2 is 0.914 bits per heavy atom. The van der Waals surface area contributed by atoms with E-state index in [1.165, 1.54) is 0 Å². The van der Waals surface area contributed by atoms with Gasteiger partial charge < -0.3 is 20.1 Å². The number of carbonyl (C=O) groups is 1. The first-order valence-electron chi connectivity index (χ1n) is 21.7. The first kappa shape index (κ1) is 54.6. The summed E-state index contributed by atoms with van der Waals surface area (Å²) in [6, 6.07) is 0. The van der Waals surface area contributed by atoms with Crippen molar-refractivity contribution in [2.75, 3.05) is 33.0 Å². The fourth-order valence-electron chi connectivity index (χ4n) is 4.99. The molecule has 0 aromatic rings. The van der Waals surface area contributed by atoms with Crippen LogP contribution in [0.4, 0.5) is 0 Å². The Labute approximate surface area is 353 Å². The number of ether oxygens (including phenoxy) is 2. The molecule has 2 atom stereocenters. The van der Waals surface area contributed by atoms with E-state index in [-0.39, 0.29) is 32.8 Å². The zero-order chi connectivity index (χ0) is 42.3. The smallest absolute Gasteiger partial charge is 0.457 e. The minimum atomic E-state index is -4.32. The largest absolute Gasteiger partial charge is 0.472 e. The van der Waals surface area contributed by atoms with Crippen molar-refractivity contribution in [3.05, 3.63) is 134 Å². The van der Waals surface area contributed by atoms with E-state index in [9.17, 15) is 14.3 Å². The fourth-order valence-corrected chi connectivity index (χ4v) is 5.75. The summed E-state index contributed by atoms with van der Waals surface area (Å²) in [5.74, 6) is -0.428. The molecule has 2 unspecified atom stereocenters. The van der Waals surface area contributed by atoms with E-state index in [1.807, 2.05) is 12.2 Å². The number of unbranched alkanes of at least 4 members (excludes halogenated alkanes) is 4. The van der Waals surface area contributed by atoms with Gasteiger partial charge in [-0.15, -0.1) is 0 Å². The maximum atomic E-state index is 12.6. The van der Waals surface area contributed by atoms with E-state index >= 15 is 0 Å². The molecule has 0 saturated heterocycles. The lowest BCUT2D eigenvalue weighted by atomic mass is 10.1. The number of rotatable bonds is 39. The highest BCUT2D eigenvalue weighted by molar-refractivity contribution is 7.47. The number of allylic oxidation sites excluding steroid dienone is 22. The van der Waals surface area contributed by atoms with E-state index < -0.39 is 19.9 Å². The highest BCUT2D eigenvalue weighted by atomic mass is 31.2. The minimum absolute atomic E-state index is 0.0581. The lowest BCUT2D eigenvalue weighted by Crippen LogP contribution is -2.28. The van der Waals surface area contributed by atoms with Crippen molar-refractivity contribution in [3.63, 3.8) is 0 Å². The van der Waals surface area contributed by atoms with Gasteiger partial charge in [0.25, 0.3) is 0 Å². The number of carbonyl (C=O) groups excluding carboxylic acids is 1. The van der Waals surface area contributed by atoms with Crippen LogP contribution in [0.1, 0.15) is 129 Å². The van der Waals surface area contributed by atoms with Gasteiger partial charge in [-0.25, -0.2) is 4.57 Å². The lowest BCUT2D eigenvalue weighted by molar-refractivity contribution is -0.154. The molecular formula is C49H78NO7P. The van der Waals surface area contributed by atoms with Crippen LogP contribution in [0, 0.1) is 0 Å². The Bertz CT molecular complexity index is 1340. The average molecular weight is 824 g/mol. The molecule has 0 aromatic carbocycles. The van der Waals surface area contributed by atoms with Gasteiger partial charge in [-0.05, 0) is 96.3 Å². The predicted octanol–water partition coefficient (Wildman–Crippen LogP) is 13.2. The number of phosphoric ester groups is 1. The lowest BCUT2D eigenvalue weighted by Gasteiger charge is -2.19. The quantitative estimate of drug-likeness (QED) is 0.0272. The van der Waals surface area contributed by atoms with Gasteiger partial charge in [-0.2, -0.15) is 0 Å². The van der Waals surface area contributed by atoms with Crippen LogP contribution >= 0.6 is 7.82 Å². The summed E-state index contributed by atoms with van der Waals surface area (Å²) in [5.41, 5.74) is 5.36. The van der Waals surface area contributed by atoms with E-state index in [0.717, 1.165) is 103 Å². The Balaban J connectivity index is 4.26. The molecule has 0 saturated carbocycles. The van der Waals surface area contributed by atoms with Crippen LogP contribution in [-0.4, -0.2) is 49.9 Å². The summed E-state index contributed by atoms with van der Waals surface area (Å²) in [4.78, 5) is 22.5. The average Bonchev–Trinajstić information content (AvgIpc) is 3.21. The molecule has 0 spiro atoms. The normalized spacial score (nSPS) is 14.8. The number of nitrogens with two attached hydrogens (primary N) is 1. The van der Waals surface area contributed by atoms with Crippen LogP contribution in [0.15, 0.2) is 134 Å². The standard InChI is InChI=1S/C49H78NO7P/c1-3-5-7-9-11-13-15-17-19-21-23-25-27-29-31-33-35-37-39-41-44-54-46-48(47-56-58(52,53)55-45-43-50)57-49(51)42-40-38-36-34-32-30-28-26-24-22-20-18-16-14-12-10-8-6-4-2/h5-8,11-14,17-20,23-26,29-32,36,38,48H,3-4,9-10,15-16,21-22,27-28,33-35,37,39-47,50H2,1-2H3,(H,52,53)/b7-5-,8-6-,13-11-,14-12-,19-17-,20-18-,25-23-,26-24-,31-29-,32-30-,38-36-. The third kappa shape index (κ3) is 43.8. The second kappa shape index (κ2) is 44.7. The van der Waals surface area contributed by atoms with Crippen molar-refractivity contribution in [1.82, 2.24) is 0 Å². The fraction of sp³-hybridized carbons (Fsp3) is 0.531. The van der Waals surface area contributed by atoms with Gasteiger partial charge in [0.1, 0.15) is 6.10 Å². The zero-order valence-electron chi connectivity index (χ0n) is 36.0. The molecule has 0 aliphatic heterocycles. The van der Waals surface area contributed by atoms with Gasteiger partial charge in [0, 0.05) is 19.6 Å². The van der Waals surface area contributed by atoms with Crippen LogP contribution in [0.25, 0.3) is 0 Å². The first-order chi connectivity index (χ1) is 28.4. The SMILES string of the molecule is CC/C=C\C/C=C\C/C=C\C/C=C\C/C=C\C/C=C\CCC(=O)OC(COCCCCCC/C=C\C/C=C\C/C=C\C/C=C\C/C=C\CC)COP(=O)(O)OCCN. The molecule has 0 radical (unpaired) electrons. The van der Waals surface area contributed by atoms with Crippen molar-refractivity contribution >= 4 is 13.8 Å². The van der Waals surface area contributed by atoms with Gasteiger partial charge >= 0.3 is 13.8 Å². The van der Waals surface area contributed by atoms with Gasteiger partial charge in [0.2, 0.25) is 0 Å². The predicted molar refractivity (Wildman–Crippen MR) is 246 cm³/mol. The molecule has 8 nitrogen and oxygen atoms in total. The molecule has 0 fully saturated rings. The Kier molecular flexibility index (Phi) is 42.1. The molecule has 326 valence electrons. The summed E-state index contributed by atoms with van der Waals surface area (Å²) in [7, 11) is -4.32. The molecule has 0 aliphatic rings. The van der Waals surface area contributed by atoms with Crippen molar-refractivity contribution in [2.24, 2.45) is 5.73 Å². The second-order valence-corrected chi connectivity index (χ2v) is 14.9. The summed E-state index contributed by atoms with van der Waals surface area (Å²) >= 11 is 0. The van der Waals surface area contributed by atoms with Crippen molar-refractivity contribution in [2.45, 2.75) is 136 Å². The summed E-state index contributed by atoms with van der Waals surface area (Å²) in [6.45, 7) is 4.47. The van der Waals surface area contributed by atoms with Crippen LogP contribution in [0.2, 0.25) is 0 Å². The minimum Gasteiger partial charge on any atom is -0.457 e. The molecular weight excluding hydrogens is 746 g/mol. The summed E-state index contributed by atoms with van der Waals surface area (Å²) < 4.78 is 33.3. The van der Waals surface area contributed by atoms with Crippen LogP contribution < -0.4 is 5.73 Å². The van der Waals surface area contributed by atoms with Crippen LogP contribution in [0.5, 0.6) is 0 Å². The maximum absolute atomic E-state index is 12.6. The van der Waals surface area contributed by atoms with Crippen molar-refractivity contribution in [1.29, 1.82) is 0 Å². The molecule has 3 N–H and O–H groups in total. The third-order valence-corrected chi connectivity index (χ3v) is 9.06. The van der Waals surface area contributed by atoms with Gasteiger partial charge in [0.15, 0.2) is 0 Å². The van der Waals surface area contributed by atoms with Crippen molar-refractivity contribution < 1.29 is 32.8 Å². The topological polar surface area (TPSA) is 117 Å². The molecule has 0 amide bonds. The van der Waals surface area contributed by atoms with Gasteiger partial charge in [0.05, 0.1) is 19.8 Å². The molecule has 0 aromatic heterocycles. The van der Waals surface area contributed by atoms with Gasteiger partial charge in [-0.1, -0.05) is 160 Å². The molecule has 9 heteroatoms. The van der Waals surface area contributed by atoms with E-state index in [1.54, 1.807) is 0 Å². The van der Waals surface area contributed by atoms with E-state index in [0.29, 0.717) is 13.0 Å². The van der Waals surface area contributed by atoms with Crippen molar-refractivity contribution in [3.8, 4) is 0 Å². The van der Waals surface area contributed by atoms with E-state index in [4.69, 9.17) is 24.3 Å².